The first kappa shape index (κ1) is 28.5. The largest absolute Gasteiger partial charge is 0.507 e. The number of hydrogen-bond acceptors (Lipinski definition) is 11. The van der Waals surface area contributed by atoms with Gasteiger partial charge >= 0.3 is 0 Å². The molecule has 0 amide bonds. The van der Waals surface area contributed by atoms with Crippen LogP contribution in [0.3, 0.4) is 0 Å². The van der Waals surface area contributed by atoms with Crippen molar-refractivity contribution in [3.8, 4) is 17.2 Å². The molecule has 216 valence electrons. The zero-order valence-corrected chi connectivity index (χ0v) is 22.8. The number of nitrogens with zero attached hydrogens (tertiary/aromatic N) is 3. The van der Waals surface area contributed by atoms with Gasteiger partial charge in [-0.15, -0.1) is 0 Å². The predicted molar refractivity (Wildman–Crippen MR) is 140 cm³/mol. The molecule has 0 aromatic heterocycles. The van der Waals surface area contributed by atoms with Gasteiger partial charge in [-0.05, 0) is 25.4 Å². The number of fused-ring (bicyclic) bond motifs is 3. The number of azide groups is 1. The molecule has 6 unspecified atom stereocenters. The second-order valence-electron chi connectivity index (χ2n) is 10.5. The van der Waals surface area contributed by atoms with E-state index in [-0.39, 0.29) is 40.8 Å². The van der Waals surface area contributed by atoms with Crippen LogP contribution in [-0.2, 0) is 25.4 Å². The van der Waals surface area contributed by atoms with Gasteiger partial charge in [0.15, 0.2) is 17.9 Å². The lowest BCUT2D eigenvalue weighted by Gasteiger charge is -2.42. The van der Waals surface area contributed by atoms with Crippen LogP contribution in [-0.4, -0.2) is 77.0 Å². The number of methoxy groups -OCH3 is 2. The third kappa shape index (κ3) is 4.42. The molecule has 0 saturated carbocycles. The van der Waals surface area contributed by atoms with Crippen LogP contribution in [0.2, 0.25) is 0 Å². The van der Waals surface area contributed by atoms with Crippen molar-refractivity contribution in [1.29, 1.82) is 0 Å². The first-order valence-electron chi connectivity index (χ1n) is 13.0. The van der Waals surface area contributed by atoms with Crippen molar-refractivity contribution in [2.45, 2.75) is 69.4 Å². The fraction of sp³-hybridized carbons (Fsp3) is 0.464. The maximum atomic E-state index is 13.7. The number of Topliss-reactive ketones (excluding diaryl/α,β-unsaturated/α-hetero) is 1. The van der Waals surface area contributed by atoms with Gasteiger partial charge in [0.05, 0.1) is 48.2 Å². The molecule has 41 heavy (non-hydrogen) atoms. The molecule has 13 heteroatoms. The number of carbonyl (C=O) groups excluding carboxylic acids is 3. The molecule has 1 aliphatic heterocycles. The molecule has 6 atom stereocenters. The van der Waals surface area contributed by atoms with E-state index in [1.807, 2.05) is 0 Å². The average Bonchev–Trinajstić information content (AvgIpc) is 2.93. The molecule has 13 nitrogen and oxygen atoms in total. The van der Waals surface area contributed by atoms with Gasteiger partial charge in [-0.25, -0.2) is 0 Å². The zero-order chi connectivity index (χ0) is 29.8. The van der Waals surface area contributed by atoms with Crippen LogP contribution in [0.4, 0.5) is 0 Å². The van der Waals surface area contributed by atoms with Gasteiger partial charge in [0.1, 0.15) is 22.8 Å². The van der Waals surface area contributed by atoms with E-state index in [1.165, 1.54) is 39.3 Å². The summed E-state index contributed by atoms with van der Waals surface area (Å²) >= 11 is 0. The molecule has 5 rings (SSSR count). The highest BCUT2D eigenvalue weighted by Gasteiger charge is 2.49. The van der Waals surface area contributed by atoms with Crippen molar-refractivity contribution in [2.24, 2.45) is 5.11 Å². The lowest BCUT2D eigenvalue weighted by atomic mass is 9.72. The van der Waals surface area contributed by atoms with Gasteiger partial charge in [-0.1, -0.05) is 17.2 Å². The molecular formula is C28H29N3O10. The number of benzene rings is 2. The van der Waals surface area contributed by atoms with Crippen molar-refractivity contribution in [3.63, 3.8) is 0 Å². The molecule has 0 spiro atoms. The quantitative estimate of drug-likeness (QED) is 0.172. The van der Waals surface area contributed by atoms with E-state index in [1.54, 1.807) is 6.92 Å². The fourth-order valence-electron chi connectivity index (χ4n) is 6.12. The van der Waals surface area contributed by atoms with Crippen LogP contribution in [0.15, 0.2) is 23.3 Å². The molecule has 3 N–H and O–H groups in total. The van der Waals surface area contributed by atoms with Crippen LogP contribution in [0.1, 0.15) is 75.8 Å². The molecule has 1 fully saturated rings. The van der Waals surface area contributed by atoms with Crippen molar-refractivity contribution in [3.05, 3.63) is 62.0 Å². The van der Waals surface area contributed by atoms with E-state index in [2.05, 4.69) is 10.0 Å². The minimum Gasteiger partial charge on any atom is -0.507 e. The zero-order valence-electron chi connectivity index (χ0n) is 22.8. The molecule has 1 saturated heterocycles. The lowest BCUT2D eigenvalue weighted by molar-refractivity contribution is -0.250. The van der Waals surface area contributed by atoms with Gasteiger partial charge in [-0.2, -0.15) is 0 Å². The van der Waals surface area contributed by atoms with E-state index in [0.717, 1.165) is 0 Å². The number of rotatable bonds is 6. The minimum absolute atomic E-state index is 0.0247. The number of ketones is 3. The Morgan fingerprint density at radius 2 is 1.85 bits per heavy atom. The summed E-state index contributed by atoms with van der Waals surface area (Å²) in [6.45, 7) is 2.87. The fourth-order valence-corrected chi connectivity index (χ4v) is 6.12. The third-order valence-corrected chi connectivity index (χ3v) is 8.16. The highest BCUT2D eigenvalue weighted by atomic mass is 16.7. The van der Waals surface area contributed by atoms with E-state index < -0.39 is 82.6 Å². The molecule has 0 radical (unpaired) electrons. The normalized spacial score (nSPS) is 28.7. The summed E-state index contributed by atoms with van der Waals surface area (Å²) in [5, 5.41) is 38.1. The maximum absolute atomic E-state index is 13.7. The Kier molecular flexibility index (Phi) is 7.26. The molecule has 2 aromatic carbocycles. The Labute approximate surface area is 234 Å². The molecular weight excluding hydrogens is 538 g/mol. The van der Waals surface area contributed by atoms with Crippen LogP contribution in [0.5, 0.6) is 17.2 Å². The monoisotopic (exact) mass is 567 g/mol. The first-order chi connectivity index (χ1) is 19.5. The number of hydrogen-bond donors (Lipinski definition) is 3. The molecule has 2 aromatic rings. The molecule has 0 bridgehead atoms. The first-order valence-corrected chi connectivity index (χ1v) is 13.0. The van der Waals surface area contributed by atoms with Gasteiger partial charge in [-0.3, -0.25) is 14.4 Å². The van der Waals surface area contributed by atoms with E-state index in [4.69, 9.17) is 24.5 Å². The van der Waals surface area contributed by atoms with Gasteiger partial charge in [0.25, 0.3) is 0 Å². The second kappa shape index (κ2) is 10.4. The SMILES string of the molecule is COc1cccc2c1C(=O)c1c(O)c3c(c(O)c1C2=O)CC(O)(C(C)=O)CC3OC1CC(N=[N+]=[N-])C(OC)C(C)O1. The van der Waals surface area contributed by atoms with Gasteiger partial charge < -0.3 is 34.3 Å². The number of aromatic hydroxyl groups is 2. The van der Waals surface area contributed by atoms with Gasteiger partial charge in [0, 0.05) is 48.0 Å². The molecule has 1 heterocycles. The topological polar surface area (TPSA) is 198 Å². The Hall–Kier alpha value is -4.00. The Bertz CT molecular complexity index is 1520. The maximum Gasteiger partial charge on any atom is 0.202 e. The summed E-state index contributed by atoms with van der Waals surface area (Å²) in [5.41, 5.74) is 5.88. The standard InChI is InChI=1S/C28H29N3O10/c1-11-27(39-4)15(30-31-29)8-18(40-11)41-17-10-28(37,12(2)32)9-14-20(17)26(36)22-21(24(14)34)23(33)13-6-5-7-16(38-3)19(13)25(22)35/h5-7,11,15,17-18,27,34,36-37H,8-10H2,1-4H3. The van der Waals surface area contributed by atoms with Crippen molar-refractivity contribution in [2.75, 3.05) is 14.2 Å². The Morgan fingerprint density at radius 1 is 1.15 bits per heavy atom. The number of ether oxygens (including phenoxy) is 4. The van der Waals surface area contributed by atoms with Gasteiger partial charge in [0.2, 0.25) is 5.78 Å². The van der Waals surface area contributed by atoms with E-state index in [0.29, 0.717) is 0 Å². The lowest BCUT2D eigenvalue weighted by Crippen LogP contribution is -2.49. The Balaban J connectivity index is 1.65. The summed E-state index contributed by atoms with van der Waals surface area (Å²) in [4.78, 5) is 42.7. The van der Waals surface area contributed by atoms with E-state index >= 15 is 0 Å². The summed E-state index contributed by atoms with van der Waals surface area (Å²) < 4.78 is 22.8. The Morgan fingerprint density at radius 3 is 2.49 bits per heavy atom. The highest BCUT2D eigenvalue weighted by Crippen LogP contribution is 2.52. The van der Waals surface area contributed by atoms with Crippen molar-refractivity contribution in [1.82, 2.24) is 0 Å². The molecule has 3 aliphatic rings. The number of aliphatic hydroxyl groups is 1. The van der Waals surface area contributed by atoms with Crippen LogP contribution >= 0.6 is 0 Å². The highest BCUT2D eigenvalue weighted by molar-refractivity contribution is 6.31. The van der Waals surface area contributed by atoms with Crippen molar-refractivity contribution < 1.29 is 48.7 Å². The second-order valence-corrected chi connectivity index (χ2v) is 10.5. The van der Waals surface area contributed by atoms with Crippen LogP contribution < -0.4 is 4.74 Å². The summed E-state index contributed by atoms with van der Waals surface area (Å²) in [7, 11) is 2.79. The number of phenols is 2. The smallest absolute Gasteiger partial charge is 0.202 e. The minimum atomic E-state index is -2.03. The summed E-state index contributed by atoms with van der Waals surface area (Å²) in [5.74, 6) is -3.26. The van der Waals surface area contributed by atoms with Crippen LogP contribution in [0, 0.1) is 0 Å². The summed E-state index contributed by atoms with van der Waals surface area (Å²) in [6.07, 6.45) is -4.22. The molecule has 2 aliphatic carbocycles. The average molecular weight is 568 g/mol. The number of phenolic OH excluding ortho intramolecular Hbond substituents is 2. The third-order valence-electron chi connectivity index (χ3n) is 8.16. The van der Waals surface area contributed by atoms with Crippen LogP contribution in [0.25, 0.3) is 10.4 Å². The number of carbonyl (C=O) groups is 3. The van der Waals surface area contributed by atoms with Crippen molar-refractivity contribution >= 4 is 17.3 Å². The summed E-state index contributed by atoms with van der Waals surface area (Å²) in [6, 6.07) is 3.74. The van der Waals surface area contributed by atoms with E-state index in [9.17, 15) is 29.7 Å². The predicted octanol–water partition coefficient (Wildman–Crippen LogP) is 3.03.